The molecule has 0 saturated heterocycles. The predicted molar refractivity (Wildman–Crippen MR) is 163 cm³/mol. The Morgan fingerprint density at radius 1 is 0.316 bits per heavy atom. The maximum Gasteiger partial charge on any atom is 0.673 e. The highest BCUT2D eigenvalue weighted by Gasteiger charge is 2.25. The summed E-state index contributed by atoms with van der Waals surface area (Å²) in [6.07, 6.45) is 34.8. The molecule has 0 aromatic rings. The van der Waals surface area contributed by atoms with Crippen molar-refractivity contribution in [2.45, 2.75) is 182 Å². The van der Waals surface area contributed by atoms with Crippen LogP contribution < -0.4 is 0 Å². The van der Waals surface area contributed by atoms with Crippen molar-refractivity contribution < 1.29 is 21.7 Å². The summed E-state index contributed by atoms with van der Waals surface area (Å²) in [5.74, 6) is 0. The van der Waals surface area contributed by atoms with Crippen molar-refractivity contribution in [1.29, 1.82) is 0 Å². The van der Waals surface area contributed by atoms with Gasteiger partial charge >= 0.3 is 7.25 Å². The average Bonchev–Trinajstić information content (AvgIpc) is 2.87. The molecule has 0 rings (SSSR count). The minimum atomic E-state index is -6.00. The molecule has 0 atom stereocenters. The molecule has 0 unspecified atom stereocenters. The van der Waals surface area contributed by atoms with Crippen LogP contribution in [-0.4, -0.2) is 37.9 Å². The van der Waals surface area contributed by atoms with Gasteiger partial charge in [-0.1, -0.05) is 130 Å². The van der Waals surface area contributed by atoms with E-state index in [9.17, 15) is 17.3 Å². The lowest BCUT2D eigenvalue weighted by Crippen LogP contribution is -2.50. The van der Waals surface area contributed by atoms with E-state index in [4.69, 9.17) is 0 Å². The van der Waals surface area contributed by atoms with Gasteiger partial charge in [-0.05, 0) is 51.4 Å². The SMILES string of the molecule is CCCCCCCCCCCCCC[N+](CCCCCC)(CCCCCC)CCCCCC.F[B-](F)(F)F. The van der Waals surface area contributed by atoms with E-state index in [1.807, 2.05) is 0 Å². The highest BCUT2D eigenvalue weighted by atomic mass is 19.5. The summed E-state index contributed by atoms with van der Waals surface area (Å²) in [5.41, 5.74) is 0. The molecule has 0 heterocycles. The van der Waals surface area contributed by atoms with Gasteiger partial charge in [-0.3, -0.25) is 0 Å². The lowest BCUT2D eigenvalue weighted by molar-refractivity contribution is -0.929. The molecule has 0 aliphatic carbocycles. The topological polar surface area (TPSA) is 0 Å². The summed E-state index contributed by atoms with van der Waals surface area (Å²) in [4.78, 5) is 0. The van der Waals surface area contributed by atoms with Crippen molar-refractivity contribution in [3.05, 3.63) is 0 Å². The van der Waals surface area contributed by atoms with E-state index in [2.05, 4.69) is 27.7 Å². The van der Waals surface area contributed by atoms with Crippen LogP contribution >= 0.6 is 0 Å². The van der Waals surface area contributed by atoms with E-state index in [0.717, 1.165) is 0 Å². The van der Waals surface area contributed by atoms with Crippen LogP contribution in [0.4, 0.5) is 17.3 Å². The Morgan fingerprint density at radius 3 is 0.684 bits per heavy atom. The zero-order chi connectivity index (χ0) is 28.8. The summed E-state index contributed by atoms with van der Waals surface area (Å²) in [6, 6.07) is 0. The van der Waals surface area contributed by atoms with Gasteiger partial charge in [-0.15, -0.1) is 0 Å². The van der Waals surface area contributed by atoms with E-state index < -0.39 is 7.25 Å². The molecule has 6 heteroatoms. The van der Waals surface area contributed by atoms with Crippen LogP contribution in [0.2, 0.25) is 0 Å². The fourth-order valence-corrected chi connectivity index (χ4v) is 5.58. The fourth-order valence-electron chi connectivity index (χ4n) is 5.58. The van der Waals surface area contributed by atoms with E-state index in [0.29, 0.717) is 0 Å². The third kappa shape index (κ3) is 33.8. The summed E-state index contributed by atoms with van der Waals surface area (Å²) in [7, 11) is -6.00. The Balaban J connectivity index is 0. The fraction of sp³-hybridized carbons (Fsp3) is 1.00. The van der Waals surface area contributed by atoms with Gasteiger partial charge in [0.1, 0.15) is 0 Å². The molecule has 0 saturated carbocycles. The lowest BCUT2D eigenvalue weighted by atomic mass is 10.0. The molecule has 0 aromatic heterocycles. The zero-order valence-corrected chi connectivity index (χ0v) is 26.3. The Labute approximate surface area is 237 Å². The molecule has 0 radical (unpaired) electrons. The number of hydrogen-bond donors (Lipinski definition) is 0. The van der Waals surface area contributed by atoms with Crippen LogP contribution in [0, 0.1) is 0 Å². The molecule has 0 aromatic carbocycles. The van der Waals surface area contributed by atoms with Crippen molar-refractivity contribution in [3.63, 3.8) is 0 Å². The van der Waals surface area contributed by atoms with Gasteiger partial charge < -0.3 is 21.7 Å². The predicted octanol–water partition coefficient (Wildman–Crippen LogP) is 12.5. The Hall–Kier alpha value is -0.255. The largest absolute Gasteiger partial charge is 0.673 e. The third-order valence-electron chi connectivity index (χ3n) is 7.94. The Morgan fingerprint density at radius 2 is 0.474 bits per heavy atom. The molecule has 0 aliphatic heterocycles. The van der Waals surface area contributed by atoms with Crippen molar-refractivity contribution >= 4 is 7.25 Å². The third-order valence-corrected chi connectivity index (χ3v) is 7.94. The number of hydrogen-bond acceptors (Lipinski definition) is 0. The first-order valence-electron chi connectivity index (χ1n) is 17.0. The van der Waals surface area contributed by atoms with Gasteiger partial charge in [0.15, 0.2) is 0 Å². The van der Waals surface area contributed by atoms with Gasteiger partial charge in [0.25, 0.3) is 0 Å². The summed E-state index contributed by atoms with van der Waals surface area (Å²) in [6.45, 7) is 15.2. The van der Waals surface area contributed by atoms with E-state index in [1.165, 1.54) is 185 Å². The van der Waals surface area contributed by atoms with Crippen LogP contribution in [0.15, 0.2) is 0 Å². The second-order valence-corrected chi connectivity index (χ2v) is 11.8. The summed E-state index contributed by atoms with van der Waals surface area (Å²) >= 11 is 0. The van der Waals surface area contributed by atoms with Gasteiger partial charge in [0, 0.05) is 0 Å². The molecule has 0 fully saturated rings. The Kier molecular flexibility index (Phi) is 31.2. The molecule has 38 heavy (non-hydrogen) atoms. The van der Waals surface area contributed by atoms with Crippen molar-refractivity contribution in [2.75, 3.05) is 26.2 Å². The zero-order valence-electron chi connectivity index (χ0n) is 26.3. The number of halogens is 4. The van der Waals surface area contributed by atoms with Crippen LogP contribution in [0.5, 0.6) is 0 Å². The molecule has 1 nitrogen and oxygen atoms in total. The quantitative estimate of drug-likeness (QED) is 0.0391. The number of rotatable bonds is 28. The van der Waals surface area contributed by atoms with E-state index in [1.54, 1.807) is 0 Å². The normalized spacial score (nSPS) is 12.0. The Bertz CT molecular complexity index is 408. The number of unbranched alkanes of at least 4 members (excludes halogenated alkanes) is 20. The summed E-state index contributed by atoms with van der Waals surface area (Å²) < 4.78 is 40.5. The van der Waals surface area contributed by atoms with E-state index in [-0.39, 0.29) is 0 Å². The minimum absolute atomic E-state index is 1.37. The molecule has 0 bridgehead atoms. The van der Waals surface area contributed by atoms with Crippen LogP contribution in [0.1, 0.15) is 182 Å². The molecule has 0 spiro atoms. The standard InChI is InChI=1S/C32H68N.BF4/c1-5-9-13-17-18-19-20-21-22-23-24-28-32-33(29-25-14-10-6-2,30-26-15-11-7-3)31-27-16-12-8-4;2-1(3,4)5/h5-32H2,1-4H3;/q+1;-1. The highest BCUT2D eigenvalue weighted by molar-refractivity contribution is 6.50. The molecule has 0 N–H and O–H groups in total. The molecular weight excluding hydrogens is 485 g/mol. The maximum atomic E-state index is 9.75. The molecular formula is C32H68BF4N. The van der Waals surface area contributed by atoms with Crippen molar-refractivity contribution in [2.24, 2.45) is 0 Å². The second kappa shape index (κ2) is 29.7. The summed E-state index contributed by atoms with van der Waals surface area (Å²) in [5, 5.41) is 0. The monoisotopic (exact) mass is 554 g/mol. The number of nitrogens with zero attached hydrogens (tertiary/aromatic N) is 1. The minimum Gasteiger partial charge on any atom is -0.418 e. The smallest absolute Gasteiger partial charge is 0.418 e. The lowest BCUT2D eigenvalue weighted by Gasteiger charge is -2.39. The second-order valence-electron chi connectivity index (χ2n) is 11.8. The first-order valence-corrected chi connectivity index (χ1v) is 17.0. The molecule has 232 valence electrons. The molecule has 0 amide bonds. The van der Waals surface area contributed by atoms with Crippen LogP contribution in [0.3, 0.4) is 0 Å². The number of quaternary nitrogens is 1. The van der Waals surface area contributed by atoms with Crippen LogP contribution in [-0.2, 0) is 0 Å². The van der Waals surface area contributed by atoms with Gasteiger partial charge in [0.05, 0.1) is 26.2 Å². The highest BCUT2D eigenvalue weighted by Crippen LogP contribution is 2.20. The average molecular weight is 554 g/mol. The first kappa shape index (κ1) is 39.9. The molecule has 0 aliphatic rings. The van der Waals surface area contributed by atoms with Crippen molar-refractivity contribution in [3.8, 4) is 0 Å². The van der Waals surface area contributed by atoms with Gasteiger partial charge in [0.2, 0.25) is 0 Å². The van der Waals surface area contributed by atoms with Gasteiger partial charge in [-0.2, -0.15) is 0 Å². The first-order chi connectivity index (χ1) is 18.2. The van der Waals surface area contributed by atoms with E-state index >= 15 is 0 Å². The van der Waals surface area contributed by atoms with Crippen molar-refractivity contribution in [1.82, 2.24) is 0 Å². The van der Waals surface area contributed by atoms with Crippen LogP contribution in [0.25, 0.3) is 0 Å². The van der Waals surface area contributed by atoms with Gasteiger partial charge in [-0.25, -0.2) is 0 Å². The maximum absolute atomic E-state index is 9.75.